The topological polar surface area (TPSA) is 119 Å². The molecule has 5 aromatic rings. The first-order valence-corrected chi connectivity index (χ1v) is 19.9. The Morgan fingerprint density at radius 3 is 2.34 bits per heavy atom. The number of pyridine rings is 1. The van der Waals surface area contributed by atoms with Crippen molar-refractivity contribution in [3.05, 3.63) is 83.1 Å². The van der Waals surface area contributed by atoms with Gasteiger partial charge in [0.15, 0.2) is 5.82 Å². The number of anilines is 1. The number of nitrogens with zero attached hydrogens (tertiary/aromatic N) is 6. The molecule has 0 radical (unpaired) electrons. The van der Waals surface area contributed by atoms with Crippen LogP contribution in [0.15, 0.2) is 54.7 Å². The number of alkyl halides is 3. The van der Waals surface area contributed by atoms with Crippen molar-refractivity contribution in [2.75, 3.05) is 37.7 Å². The number of carbonyl (C=O) groups is 1. The number of carbonyl (C=O) groups excluding carboxylic acids is 1. The standard InChI is InChI=1S/C42H36F5N7O3.C2H6/c1-2-29-32(43)12-7-24-17-28(55)18-30(33(24)29)36-34(44)37-31(19-49-36)38(51-40(50-37)57-22-41-13-3-15-53(41)16-4-14-41)52-20-26-10-11-27(21-52)54(26)39(56)35(48)23-5-8-25(9-6-23)42(45,46)47;1-2/h1,5-9,12,17-19,26-27,48,55H,3-4,10-11,13-16,20-22H2;1-2H3. The van der Waals surface area contributed by atoms with Crippen LogP contribution in [0.4, 0.5) is 27.8 Å². The highest BCUT2D eigenvalue weighted by Crippen LogP contribution is 2.42. The highest BCUT2D eigenvalue weighted by Gasteiger charge is 2.46. The molecule has 4 aliphatic rings. The molecule has 0 aliphatic carbocycles. The number of benzene rings is 3. The number of phenolic OH excluding ortho intramolecular Hbond substituents is 1. The Labute approximate surface area is 337 Å². The summed E-state index contributed by atoms with van der Waals surface area (Å²) in [6.07, 6.45) is 7.78. The van der Waals surface area contributed by atoms with Crippen LogP contribution in [0.5, 0.6) is 11.8 Å². The Bertz CT molecular complexity index is 2500. The molecule has 0 spiro atoms. The summed E-state index contributed by atoms with van der Waals surface area (Å²) in [6, 6.07) is 8.48. The zero-order valence-corrected chi connectivity index (χ0v) is 32.5. The van der Waals surface area contributed by atoms with Gasteiger partial charge in [-0.05, 0) is 87.3 Å². The number of hydrogen-bond acceptors (Lipinski definition) is 9. The maximum Gasteiger partial charge on any atom is 0.416 e. The summed E-state index contributed by atoms with van der Waals surface area (Å²) >= 11 is 0. The molecule has 2 atom stereocenters. The van der Waals surface area contributed by atoms with E-state index < -0.39 is 35.0 Å². The first kappa shape index (κ1) is 39.9. The minimum absolute atomic E-state index is 0.0484. The van der Waals surface area contributed by atoms with Gasteiger partial charge in [0.25, 0.3) is 5.91 Å². The lowest BCUT2D eigenvalue weighted by atomic mass is 9.95. The second-order valence-corrected chi connectivity index (χ2v) is 15.3. The van der Waals surface area contributed by atoms with E-state index in [0.29, 0.717) is 30.7 Å². The molecule has 15 heteroatoms. The minimum Gasteiger partial charge on any atom is -0.508 e. The van der Waals surface area contributed by atoms with E-state index in [1.807, 2.05) is 18.7 Å². The van der Waals surface area contributed by atoms with Crippen molar-refractivity contribution >= 4 is 39.1 Å². The largest absolute Gasteiger partial charge is 0.508 e. The second kappa shape index (κ2) is 15.4. The maximum absolute atomic E-state index is 17.1. The van der Waals surface area contributed by atoms with E-state index >= 15 is 4.39 Å². The molecule has 6 heterocycles. The van der Waals surface area contributed by atoms with Gasteiger partial charge >= 0.3 is 12.2 Å². The Balaban J connectivity index is 0.00000238. The fourth-order valence-corrected chi connectivity index (χ4v) is 9.41. The van der Waals surface area contributed by atoms with Gasteiger partial charge in [-0.15, -0.1) is 6.42 Å². The average molecular weight is 812 g/mol. The van der Waals surface area contributed by atoms with Gasteiger partial charge in [0.2, 0.25) is 0 Å². The van der Waals surface area contributed by atoms with Crippen LogP contribution >= 0.6 is 0 Å². The zero-order valence-electron chi connectivity index (χ0n) is 32.5. The van der Waals surface area contributed by atoms with Crippen molar-refractivity contribution < 1.29 is 36.6 Å². The summed E-state index contributed by atoms with van der Waals surface area (Å²) in [5.74, 6) is 0.346. The number of amides is 1. The summed E-state index contributed by atoms with van der Waals surface area (Å²) in [7, 11) is 0. The number of nitrogens with one attached hydrogen (secondary N) is 1. The normalized spacial score (nSPS) is 19.7. The molecule has 3 aromatic carbocycles. The predicted molar refractivity (Wildman–Crippen MR) is 214 cm³/mol. The average Bonchev–Trinajstić information content (AvgIpc) is 3.90. The van der Waals surface area contributed by atoms with Crippen LogP contribution < -0.4 is 9.64 Å². The van der Waals surface area contributed by atoms with Crippen LogP contribution in [0.25, 0.3) is 32.9 Å². The first-order chi connectivity index (χ1) is 28.3. The van der Waals surface area contributed by atoms with Crippen LogP contribution in [0.1, 0.15) is 69.1 Å². The summed E-state index contributed by atoms with van der Waals surface area (Å²) in [5.41, 5.74) is -1.73. The number of terminal acetylenes is 1. The number of aromatic hydroxyl groups is 1. The molecule has 0 saturated carbocycles. The summed E-state index contributed by atoms with van der Waals surface area (Å²) in [4.78, 5) is 33.6. The molecule has 1 amide bonds. The molecule has 306 valence electrons. The van der Waals surface area contributed by atoms with Crippen molar-refractivity contribution in [1.29, 1.82) is 5.41 Å². The third kappa shape index (κ3) is 6.96. The quantitative estimate of drug-likeness (QED) is 0.0962. The van der Waals surface area contributed by atoms with Crippen molar-refractivity contribution in [3.8, 4) is 35.4 Å². The van der Waals surface area contributed by atoms with Crippen molar-refractivity contribution in [1.82, 2.24) is 24.8 Å². The third-order valence-electron chi connectivity index (χ3n) is 12.1. The summed E-state index contributed by atoms with van der Waals surface area (Å²) in [6.45, 7) is 6.77. The van der Waals surface area contributed by atoms with Gasteiger partial charge in [-0.3, -0.25) is 20.1 Å². The van der Waals surface area contributed by atoms with Crippen molar-refractivity contribution in [2.45, 2.75) is 76.2 Å². The Morgan fingerprint density at radius 2 is 1.69 bits per heavy atom. The van der Waals surface area contributed by atoms with Crippen LogP contribution in [-0.4, -0.2) is 91.9 Å². The number of rotatable bonds is 7. The Kier molecular flexibility index (Phi) is 10.4. The molecule has 9 rings (SSSR count). The summed E-state index contributed by atoms with van der Waals surface area (Å²) in [5, 5.41) is 20.1. The minimum atomic E-state index is -4.55. The first-order valence-electron chi connectivity index (χ1n) is 19.9. The molecule has 2 N–H and O–H groups in total. The smallest absolute Gasteiger partial charge is 0.416 e. The number of fused-ring (bicyclic) bond motifs is 5. The highest BCUT2D eigenvalue weighted by molar-refractivity contribution is 6.44. The monoisotopic (exact) mass is 811 g/mol. The van der Waals surface area contributed by atoms with Crippen molar-refractivity contribution in [3.63, 3.8) is 0 Å². The lowest BCUT2D eigenvalue weighted by molar-refractivity contribution is -0.137. The number of aromatic nitrogens is 3. The van der Waals surface area contributed by atoms with E-state index in [0.717, 1.165) is 63.0 Å². The van der Waals surface area contributed by atoms with Crippen molar-refractivity contribution in [2.24, 2.45) is 0 Å². The molecule has 4 fully saturated rings. The lowest BCUT2D eigenvalue weighted by Crippen LogP contribution is -2.57. The van der Waals surface area contributed by atoms with Crippen LogP contribution in [0.2, 0.25) is 0 Å². The van der Waals surface area contributed by atoms with Crippen LogP contribution in [0.3, 0.4) is 0 Å². The van der Waals surface area contributed by atoms with Gasteiger partial charge in [0.1, 0.15) is 40.9 Å². The van der Waals surface area contributed by atoms with Gasteiger partial charge < -0.3 is 19.6 Å². The molecule has 2 bridgehead atoms. The molecule has 2 aromatic heterocycles. The van der Waals surface area contributed by atoms with E-state index in [4.69, 9.17) is 21.6 Å². The van der Waals surface area contributed by atoms with E-state index in [1.54, 1.807) is 4.90 Å². The van der Waals surface area contributed by atoms with Gasteiger partial charge in [-0.2, -0.15) is 23.1 Å². The molecule has 4 aliphatic heterocycles. The maximum atomic E-state index is 17.1. The molecule has 59 heavy (non-hydrogen) atoms. The number of halogens is 5. The second-order valence-electron chi connectivity index (χ2n) is 15.3. The molecular formula is C44H42F5N7O3. The molecule has 10 nitrogen and oxygen atoms in total. The van der Waals surface area contributed by atoms with E-state index in [2.05, 4.69) is 20.8 Å². The van der Waals surface area contributed by atoms with Crippen LogP contribution in [0, 0.1) is 29.4 Å². The SMILES string of the molecule is C#Cc1c(F)ccc2cc(O)cc(-c3ncc4c(N5CC6CCC(C5)N6C(=O)C(=N)c5ccc(C(F)(F)F)cc5)nc(OCC56CCCN5CCC6)nc4c3F)c12.CC. The molecular weight excluding hydrogens is 770 g/mol. The van der Waals surface area contributed by atoms with E-state index in [-0.39, 0.29) is 81.1 Å². The van der Waals surface area contributed by atoms with E-state index in [1.165, 1.54) is 30.5 Å². The number of phenols is 1. The molecule has 4 saturated heterocycles. The fraction of sp³-hybridized carbons (Fsp3) is 0.386. The van der Waals surface area contributed by atoms with Gasteiger partial charge in [0, 0.05) is 35.8 Å². The number of ether oxygens (including phenoxy) is 1. The lowest BCUT2D eigenvalue weighted by Gasteiger charge is -2.42. The fourth-order valence-electron chi connectivity index (χ4n) is 9.41. The zero-order chi connectivity index (χ0) is 41.8. The highest BCUT2D eigenvalue weighted by atomic mass is 19.4. The predicted octanol–water partition coefficient (Wildman–Crippen LogP) is 8.11. The van der Waals surface area contributed by atoms with Crippen LogP contribution in [-0.2, 0) is 11.0 Å². The van der Waals surface area contributed by atoms with Gasteiger partial charge in [-0.1, -0.05) is 38.0 Å². The van der Waals surface area contributed by atoms with E-state index in [9.17, 15) is 27.5 Å². The summed E-state index contributed by atoms with van der Waals surface area (Å²) < 4.78 is 78.0. The van der Waals surface area contributed by atoms with Gasteiger partial charge in [-0.25, -0.2) is 8.78 Å². The number of hydrogen-bond donors (Lipinski definition) is 2. The number of piperazine rings is 1. The Morgan fingerprint density at radius 1 is 1.02 bits per heavy atom. The third-order valence-corrected chi connectivity index (χ3v) is 12.1. The van der Waals surface area contributed by atoms with Gasteiger partial charge in [0.05, 0.1) is 34.1 Å². The molecule has 2 unspecified atom stereocenters. The Hall–Kier alpha value is -5.88.